The Hall–Kier alpha value is -1.81. The van der Waals surface area contributed by atoms with Crippen molar-refractivity contribution < 1.29 is 9.21 Å². The van der Waals surface area contributed by atoms with Crippen LogP contribution in [0.5, 0.6) is 0 Å². The third kappa shape index (κ3) is 3.64. The molecule has 1 N–H and O–H groups in total. The number of hydrogen-bond donors (Lipinski definition) is 1. The Kier molecular flexibility index (Phi) is 4.55. The van der Waals surface area contributed by atoms with E-state index >= 15 is 0 Å². The molecule has 3 rings (SSSR count). The summed E-state index contributed by atoms with van der Waals surface area (Å²) in [5, 5.41) is 3.90. The van der Waals surface area contributed by atoms with E-state index < -0.39 is 0 Å². The van der Waals surface area contributed by atoms with E-state index in [1.54, 1.807) is 6.07 Å². The fourth-order valence-corrected chi connectivity index (χ4v) is 2.85. The van der Waals surface area contributed by atoms with Crippen LogP contribution in [0, 0.1) is 0 Å². The van der Waals surface area contributed by atoms with Gasteiger partial charge < -0.3 is 14.6 Å². The van der Waals surface area contributed by atoms with Crippen LogP contribution in [0.25, 0.3) is 11.0 Å². The van der Waals surface area contributed by atoms with Gasteiger partial charge in [0.1, 0.15) is 5.58 Å². The van der Waals surface area contributed by atoms with Crippen LogP contribution in [-0.4, -0.2) is 37.0 Å². The largest absolute Gasteiger partial charge is 0.451 e. The number of carbonyl (C=O) groups is 1. The van der Waals surface area contributed by atoms with Crippen LogP contribution in [0.4, 0.5) is 0 Å². The molecule has 0 spiro atoms. The minimum Gasteiger partial charge on any atom is -0.451 e. The first-order valence-electron chi connectivity index (χ1n) is 7.82. The maximum Gasteiger partial charge on any atom is 0.287 e. The minimum atomic E-state index is -0.118. The number of benzene rings is 1. The van der Waals surface area contributed by atoms with Crippen molar-refractivity contribution in [1.29, 1.82) is 0 Å². The molecular weight excluding hydrogens is 264 g/mol. The summed E-state index contributed by atoms with van der Waals surface area (Å²) >= 11 is 0. The highest BCUT2D eigenvalue weighted by atomic mass is 16.3. The number of likely N-dealkylation sites (tertiary alicyclic amines) is 1. The van der Waals surface area contributed by atoms with Crippen molar-refractivity contribution in [3.63, 3.8) is 0 Å². The zero-order valence-electron chi connectivity index (χ0n) is 12.3. The lowest BCUT2D eigenvalue weighted by molar-refractivity contribution is 0.0927. The molecule has 4 nitrogen and oxygen atoms in total. The van der Waals surface area contributed by atoms with E-state index in [2.05, 4.69) is 10.2 Å². The highest BCUT2D eigenvalue weighted by molar-refractivity contribution is 5.95. The number of nitrogens with one attached hydrogen (secondary N) is 1. The lowest BCUT2D eigenvalue weighted by atomic mass is 10.2. The molecule has 1 aromatic heterocycles. The summed E-state index contributed by atoms with van der Waals surface area (Å²) < 4.78 is 5.55. The summed E-state index contributed by atoms with van der Waals surface area (Å²) in [6, 6.07) is 9.48. The second-order valence-electron chi connectivity index (χ2n) is 5.66. The second-order valence-corrected chi connectivity index (χ2v) is 5.66. The third-order valence-electron chi connectivity index (χ3n) is 4.03. The molecule has 1 fully saturated rings. The molecule has 0 bridgehead atoms. The monoisotopic (exact) mass is 286 g/mol. The van der Waals surface area contributed by atoms with Crippen LogP contribution in [-0.2, 0) is 0 Å². The van der Waals surface area contributed by atoms with Crippen molar-refractivity contribution in [2.45, 2.75) is 25.7 Å². The number of rotatable bonds is 6. The van der Waals surface area contributed by atoms with Crippen LogP contribution < -0.4 is 5.32 Å². The first-order valence-corrected chi connectivity index (χ1v) is 7.82. The van der Waals surface area contributed by atoms with E-state index in [9.17, 15) is 4.79 Å². The summed E-state index contributed by atoms with van der Waals surface area (Å²) in [6.07, 6.45) is 4.83. The van der Waals surface area contributed by atoms with E-state index in [1.165, 1.54) is 25.9 Å². The lowest BCUT2D eigenvalue weighted by Gasteiger charge is -2.13. The molecule has 0 aliphatic carbocycles. The maximum atomic E-state index is 12.0. The predicted octanol–water partition coefficient (Wildman–Crippen LogP) is 3.04. The molecule has 0 atom stereocenters. The molecule has 1 amide bonds. The molecule has 1 aliphatic rings. The number of carbonyl (C=O) groups excluding carboxylic acids is 1. The number of fused-ring (bicyclic) bond motifs is 1. The minimum absolute atomic E-state index is 0.118. The quantitative estimate of drug-likeness (QED) is 0.830. The molecule has 1 saturated heterocycles. The van der Waals surface area contributed by atoms with Crippen molar-refractivity contribution in [3.05, 3.63) is 36.1 Å². The fourth-order valence-electron chi connectivity index (χ4n) is 2.85. The second kappa shape index (κ2) is 6.76. The number of nitrogens with zero attached hydrogens (tertiary/aromatic N) is 1. The Labute approximate surface area is 125 Å². The summed E-state index contributed by atoms with van der Waals surface area (Å²) in [7, 11) is 0. The van der Waals surface area contributed by atoms with Gasteiger partial charge in [-0.25, -0.2) is 0 Å². The van der Waals surface area contributed by atoms with E-state index in [0.29, 0.717) is 12.3 Å². The molecular formula is C17H22N2O2. The van der Waals surface area contributed by atoms with Crippen LogP contribution in [0.3, 0.4) is 0 Å². The van der Waals surface area contributed by atoms with Crippen LogP contribution in [0.1, 0.15) is 36.2 Å². The zero-order valence-corrected chi connectivity index (χ0v) is 12.3. The Morgan fingerprint density at radius 2 is 2.00 bits per heavy atom. The highest BCUT2D eigenvalue weighted by Gasteiger charge is 2.12. The van der Waals surface area contributed by atoms with Gasteiger partial charge in [-0.1, -0.05) is 18.2 Å². The Balaban J connectivity index is 1.41. The van der Waals surface area contributed by atoms with E-state index in [-0.39, 0.29) is 5.91 Å². The number of unbranched alkanes of at least 4 members (excludes halogenated alkanes) is 1. The molecule has 0 radical (unpaired) electrons. The molecule has 4 heteroatoms. The molecule has 21 heavy (non-hydrogen) atoms. The SMILES string of the molecule is O=C(NCCCCN1CCCC1)c1cc2ccccc2o1. The average molecular weight is 286 g/mol. The molecule has 2 heterocycles. The molecule has 0 saturated carbocycles. The summed E-state index contributed by atoms with van der Waals surface area (Å²) in [6.45, 7) is 4.35. The summed E-state index contributed by atoms with van der Waals surface area (Å²) in [5.41, 5.74) is 0.761. The lowest BCUT2D eigenvalue weighted by Crippen LogP contribution is -2.25. The Morgan fingerprint density at radius 1 is 1.19 bits per heavy atom. The van der Waals surface area contributed by atoms with Crippen molar-refractivity contribution >= 4 is 16.9 Å². The van der Waals surface area contributed by atoms with Gasteiger partial charge in [-0.05, 0) is 57.5 Å². The smallest absolute Gasteiger partial charge is 0.287 e. The molecule has 112 valence electrons. The highest BCUT2D eigenvalue weighted by Crippen LogP contribution is 2.18. The molecule has 1 aromatic carbocycles. The van der Waals surface area contributed by atoms with Crippen molar-refractivity contribution in [3.8, 4) is 0 Å². The van der Waals surface area contributed by atoms with Gasteiger partial charge in [0, 0.05) is 11.9 Å². The molecule has 1 aliphatic heterocycles. The van der Waals surface area contributed by atoms with Gasteiger partial charge in [-0.2, -0.15) is 0 Å². The topological polar surface area (TPSA) is 45.5 Å². The van der Waals surface area contributed by atoms with E-state index in [1.807, 2.05) is 24.3 Å². The number of hydrogen-bond acceptors (Lipinski definition) is 3. The predicted molar refractivity (Wildman–Crippen MR) is 83.5 cm³/mol. The van der Waals surface area contributed by atoms with Crippen molar-refractivity contribution in [2.75, 3.05) is 26.2 Å². The van der Waals surface area contributed by atoms with Crippen LogP contribution >= 0.6 is 0 Å². The zero-order chi connectivity index (χ0) is 14.5. The van der Waals surface area contributed by atoms with Gasteiger partial charge in [-0.15, -0.1) is 0 Å². The van der Waals surface area contributed by atoms with Gasteiger partial charge in [-0.3, -0.25) is 4.79 Å². The molecule has 0 unspecified atom stereocenters. The van der Waals surface area contributed by atoms with Crippen LogP contribution in [0.2, 0.25) is 0 Å². The first kappa shape index (κ1) is 14.1. The van der Waals surface area contributed by atoms with Gasteiger partial charge in [0.25, 0.3) is 5.91 Å². The van der Waals surface area contributed by atoms with Crippen molar-refractivity contribution in [1.82, 2.24) is 10.2 Å². The Morgan fingerprint density at radius 3 is 2.81 bits per heavy atom. The fraction of sp³-hybridized carbons (Fsp3) is 0.471. The number of amides is 1. The number of para-hydroxylation sites is 1. The Bertz CT molecular complexity index is 567. The van der Waals surface area contributed by atoms with Gasteiger partial charge in [0.05, 0.1) is 0 Å². The van der Waals surface area contributed by atoms with Gasteiger partial charge in [0.15, 0.2) is 5.76 Å². The van der Waals surface area contributed by atoms with E-state index in [4.69, 9.17) is 4.42 Å². The summed E-state index contributed by atoms with van der Waals surface area (Å²) in [5.74, 6) is 0.281. The van der Waals surface area contributed by atoms with Gasteiger partial charge in [0.2, 0.25) is 0 Å². The van der Waals surface area contributed by atoms with Gasteiger partial charge >= 0.3 is 0 Å². The summed E-state index contributed by atoms with van der Waals surface area (Å²) in [4.78, 5) is 14.5. The first-order chi connectivity index (χ1) is 10.3. The molecule has 2 aromatic rings. The standard InChI is InChI=1S/C17H22N2O2/c20-17(16-13-14-7-1-2-8-15(14)21-16)18-9-3-4-10-19-11-5-6-12-19/h1-2,7-8,13H,3-6,9-12H2,(H,18,20). The normalized spacial score (nSPS) is 15.6. The maximum absolute atomic E-state index is 12.0. The third-order valence-corrected chi connectivity index (χ3v) is 4.03. The average Bonchev–Trinajstić information content (AvgIpc) is 3.15. The number of furan rings is 1. The van der Waals surface area contributed by atoms with Crippen LogP contribution in [0.15, 0.2) is 34.7 Å². The van der Waals surface area contributed by atoms with E-state index in [0.717, 1.165) is 30.4 Å². The van der Waals surface area contributed by atoms with Crippen molar-refractivity contribution in [2.24, 2.45) is 0 Å².